The molecule has 0 spiro atoms. The van der Waals surface area contributed by atoms with Gasteiger partial charge in [-0.05, 0) is 60.1 Å². The molecule has 1 aliphatic carbocycles. The Morgan fingerprint density at radius 2 is 1.87 bits per heavy atom. The molecule has 2 aliphatic rings. The summed E-state index contributed by atoms with van der Waals surface area (Å²) in [6.07, 6.45) is 5.14. The summed E-state index contributed by atoms with van der Waals surface area (Å²) in [6, 6.07) is 12.7. The van der Waals surface area contributed by atoms with Crippen molar-refractivity contribution in [2.24, 2.45) is 5.92 Å². The van der Waals surface area contributed by atoms with Crippen LogP contribution >= 0.6 is 11.6 Å². The zero-order chi connectivity index (χ0) is 21.1. The predicted octanol–water partition coefficient (Wildman–Crippen LogP) is 5.06. The van der Waals surface area contributed by atoms with Crippen LogP contribution < -0.4 is 10.1 Å². The molecular weight excluding hydrogens is 396 g/mol. The van der Waals surface area contributed by atoms with E-state index in [4.69, 9.17) is 16.3 Å². The standard InChI is InChI=1S/C25H31ClN2O2/c1-17-11-18(13-28-14-21(15-28)25(29)27-2)8-10-24(17)30-16-19-7-9-22(23(26)12-19)20-5-3-4-6-20/h7-12,20-21H,3-6,13-16H2,1-2H3,(H,27,29). The fourth-order valence-electron chi connectivity index (χ4n) is 4.69. The molecule has 0 unspecified atom stereocenters. The number of halogens is 1. The maximum atomic E-state index is 11.6. The predicted molar refractivity (Wildman–Crippen MR) is 121 cm³/mol. The number of likely N-dealkylation sites (tertiary alicyclic amines) is 1. The number of carbonyl (C=O) groups excluding carboxylic acids is 1. The quantitative estimate of drug-likeness (QED) is 0.672. The highest BCUT2D eigenvalue weighted by Gasteiger charge is 2.31. The largest absolute Gasteiger partial charge is 0.489 e. The van der Waals surface area contributed by atoms with Crippen LogP contribution in [0.5, 0.6) is 5.75 Å². The van der Waals surface area contributed by atoms with Crippen molar-refractivity contribution < 1.29 is 9.53 Å². The molecule has 2 aromatic carbocycles. The van der Waals surface area contributed by atoms with E-state index in [0.717, 1.165) is 41.5 Å². The maximum absolute atomic E-state index is 11.6. The number of hydrogen-bond acceptors (Lipinski definition) is 3. The van der Waals surface area contributed by atoms with Gasteiger partial charge in [0.1, 0.15) is 12.4 Å². The van der Waals surface area contributed by atoms with Crippen LogP contribution in [0.25, 0.3) is 0 Å². The highest BCUT2D eigenvalue weighted by atomic mass is 35.5. The number of rotatable bonds is 7. The molecule has 160 valence electrons. The van der Waals surface area contributed by atoms with E-state index in [1.54, 1.807) is 7.05 Å². The van der Waals surface area contributed by atoms with E-state index in [0.29, 0.717) is 12.5 Å². The molecule has 0 bridgehead atoms. The molecule has 1 saturated carbocycles. The molecular formula is C25H31ClN2O2. The first-order valence-electron chi connectivity index (χ1n) is 11.0. The Labute approximate surface area is 184 Å². The van der Waals surface area contributed by atoms with Gasteiger partial charge in [0.15, 0.2) is 0 Å². The smallest absolute Gasteiger partial charge is 0.225 e. The van der Waals surface area contributed by atoms with Gasteiger partial charge in [0.05, 0.1) is 5.92 Å². The Balaban J connectivity index is 1.31. The van der Waals surface area contributed by atoms with Gasteiger partial charge in [-0.25, -0.2) is 0 Å². The summed E-state index contributed by atoms with van der Waals surface area (Å²) in [5, 5.41) is 3.60. The van der Waals surface area contributed by atoms with Crippen LogP contribution in [0.1, 0.15) is 53.9 Å². The summed E-state index contributed by atoms with van der Waals surface area (Å²) in [4.78, 5) is 13.9. The van der Waals surface area contributed by atoms with E-state index in [1.165, 1.54) is 36.8 Å². The van der Waals surface area contributed by atoms with Crippen LogP contribution in [0, 0.1) is 12.8 Å². The average molecular weight is 427 g/mol. The summed E-state index contributed by atoms with van der Waals surface area (Å²) < 4.78 is 6.08. The second-order valence-corrected chi connectivity index (χ2v) is 9.14. The first-order valence-corrected chi connectivity index (χ1v) is 11.4. The zero-order valence-corrected chi connectivity index (χ0v) is 18.7. The van der Waals surface area contributed by atoms with Crippen LogP contribution in [0.15, 0.2) is 36.4 Å². The lowest BCUT2D eigenvalue weighted by atomic mass is 9.96. The highest BCUT2D eigenvalue weighted by molar-refractivity contribution is 6.31. The van der Waals surface area contributed by atoms with Gasteiger partial charge >= 0.3 is 0 Å². The van der Waals surface area contributed by atoms with E-state index in [1.807, 2.05) is 0 Å². The monoisotopic (exact) mass is 426 g/mol. The van der Waals surface area contributed by atoms with Crippen molar-refractivity contribution in [3.8, 4) is 5.75 Å². The van der Waals surface area contributed by atoms with Crippen molar-refractivity contribution in [3.63, 3.8) is 0 Å². The Hall–Kier alpha value is -2.04. The summed E-state index contributed by atoms with van der Waals surface area (Å²) in [5.41, 5.74) is 4.78. The van der Waals surface area contributed by atoms with Crippen molar-refractivity contribution in [1.29, 1.82) is 0 Å². The Morgan fingerprint density at radius 3 is 2.53 bits per heavy atom. The lowest BCUT2D eigenvalue weighted by Gasteiger charge is -2.38. The van der Waals surface area contributed by atoms with Crippen LogP contribution in [0.4, 0.5) is 0 Å². The van der Waals surface area contributed by atoms with E-state index in [2.05, 4.69) is 53.5 Å². The number of nitrogens with one attached hydrogen (secondary N) is 1. The summed E-state index contributed by atoms with van der Waals surface area (Å²) >= 11 is 6.56. The van der Waals surface area contributed by atoms with Crippen molar-refractivity contribution in [3.05, 3.63) is 63.7 Å². The van der Waals surface area contributed by atoms with Crippen LogP contribution in [0.2, 0.25) is 5.02 Å². The van der Waals surface area contributed by atoms with Crippen molar-refractivity contribution >= 4 is 17.5 Å². The molecule has 0 atom stereocenters. The zero-order valence-electron chi connectivity index (χ0n) is 17.9. The third kappa shape index (κ3) is 4.81. The minimum atomic E-state index is 0.130. The summed E-state index contributed by atoms with van der Waals surface area (Å²) in [7, 11) is 1.70. The summed E-state index contributed by atoms with van der Waals surface area (Å²) in [6.45, 7) is 5.12. The van der Waals surface area contributed by atoms with E-state index >= 15 is 0 Å². The van der Waals surface area contributed by atoms with Gasteiger partial charge in [-0.15, -0.1) is 0 Å². The maximum Gasteiger partial charge on any atom is 0.225 e. The number of ether oxygens (including phenoxy) is 1. The van der Waals surface area contributed by atoms with Gasteiger partial charge < -0.3 is 10.1 Å². The van der Waals surface area contributed by atoms with Gasteiger partial charge in [0.2, 0.25) is 5.91 Å². The van der Waals surface area contributed by atoms with E-state index in [9.17, 15) is 4.79 Å². The average Bonchev–Trinajstić information content (AvgIpc) is 3.23. The van der Waals surface area contributed by atoms with Gasteiger partial charge in [-0.3, -0.25) is 9.69 Å². The molecule has 1 aliphatic heterocycles. The number of nitrogens with zero attached hydrogens (tertiary/aromatic N) is 1. The third-order valence-corrected chi connectivity index (χ3v) is 6.80. The topological polar surface area (TPSA) is 41.6 Å². The number of hydrogen-bond donors (Lipinski definition) is 1. The molecule has 0 radical (unpaired) electrons. The Bertz CT molecular complexity index is 902. The van der Waals surface area contributed by atoms with Crippen molar-refractivity contribution in [2.45, 2.75) is 51.7 Å². The SMILES string of the molecule is CNC(=O)C1CN(Cc2ccc(OCc3ccc(C4CCCC4)c(Cl)c3)c(C)c2)C1. The first kappa shape index (κ1) is 21.2. The highest BCUT2D eigenvalue weighted by Crippen LogP contribution is 2.38. The number of amides is 1. The molecule has 4 rings (SSSR count). The van der Waals surface area contributed by atoms with Gasteiger partial charge in [0.25, 0.3) is 0 Å². The molecule has 1 N–H and O–H groups in total. The lowest BCUT2D eigenvalue weighted by Crippen LogP contribution is -2.52. The van der Waals surface area contributed by atoms with Crippen LogP contribution in [-0.2, 0) is 17.9 Å². The molecule has 4 nitrogen and oxygen atoms in total. The van der Waals surface area contributed by atoms with Crippen molar-refractivity contribution in [2.75, 3.05) is 20.1 Å². The molecule has 1 heterocycles. The lowest BCUT2D eigenvalue weighted by molar-refractivity contribution is -0.129. The number of carbonyl (C=O) groups is 1. The van der Waals surface area contributed by atoms with Gasteiger partial charge in [-0.2, -0.15) is 0 Å². The number of benzene rings is 2. The second-order valence-electron chi connectivity index (χ2n) is 8.73. The minimum Gasteiger partial charge on any atom is -0.489 e. The molecule has 0 aromatic heterocycles. The second kappa shape index (κ2) is 9.40. The van der Waals surface area contributed by atoms with Crippen LogP contribution in [0.3, 0.4) is 0 Å². The van der Waals surface area contributed by atoms with E-state index in [-0.39, 0.29) is 11.8 Å². The number of aryl methyl sites for hydroxylation is 1. The minimum absolute atomic E-state index is 0.130. The van der Waals surface area contributed by atoms with E-state index < -0.39 is 0 Å². The molecule has 5 heteroatoms. The molecule has 1 amide bonds. The van der Waals surface area contributed by atoms with Gasteiger partial charge in [0, 0.05) is 31.7 Å². The molecule has 2 fully saturated rings. The third-order valence-electron chi connectivity index (χ3n) is 6.47. The first-order chi connectivity index (χ1) is 14.5. The fourth-order valence-corrected chi connectivity index (χ4v) is 5.05. The Kier molecular flexibility index (Phi) is 6.64. The molecule has 2 aromatic rings. The van der Waals surface area contributed by atoms with Gasteiger partial charge in [-0.1, -0.05) is 48.7 Å². The molecule has 30 heavy (non-hydrogen) atoms. The Morgan fingerprint density at radius 1 is 1.13 bits per heavy atom. The van der Waals surface area contributed by atoms with Crippen molar-refractivity contribution in [1.82, 2.24) is 10.2 Å². The fraction of sp³-hybridized carbons (Fsp3) is 0.480. The van der Waals surface area contributed by atoms with Crippen LogP contribution in [-0.4, -0.2) is 30.9 Å². The summed E-state index contributed by atoms with van der Waals surface area (Å²) in [5.74, 6) is 1.80. The normalized spacial score (nSPS) is 17.7. The molecule has 1 saturated heterocycles.